The molecule has 0 atom stereocenters. The lowest BCUT2D eigenvalue weighted by molar-refractivity contribution is -0.137. The Morgan fingerprint density at radius 3 is 2.26 bits per heavy atom. The second-order valence-electron chi connectivity index (χ2n) is 5.71. The summed E-state index contributed by atoms with van der Waals surface area (Å²) in [5, 5.41) is 13.9. The van der Waals surface area contributed by atoms with E-state index in [1.165, 1.54) is 4.90 Å². The first-order valence-electron chi connectivity index (χ1n) is 6.26. The van der Waals surface area contributed by atoms with Gasteiger partial charge in [-0.15, -0.1) is 0 Å². The Balaban J connectivity index is 2.40. The summed E-state index contributed by atoms with van der Waals surface area (Å²) in [6.07, 6.45) is 1.63. The van der Waals surface area contributed by atoms with Crippen molar-refractivity contribution >= 4 is 17.9 Å². The number of amides is 3. The molecule has 1 fully saturated rings. The summed E-state index contributed by atoms with van der Waals surface area (Å²) in [6.45, 7) is 5.03. The van der Waals surface area contributed by atoms with Crippen molar-refractivity contribution < 1.29 is 19.5 Å². The minimum Gasteiger partial charge on any atom is -0.480 e. The van der Waals surface area contributed by atoms with Crippen LogP contribution in [0, 0.1) is 0 Å². The van der Waals surface area contributed by atoms with Gasteiger partial charge in [0.25, 0.3) is 0 Å². The van der Waals surface area contributed by atoms with Gasteiger partial charge in [0.1, 0.15) is 6.54 Å². The van der Waals surface area contributed by atoms with Crippen molar-refractivity contribution in [2.24, 2.45) is 0 Å². The minimum atomic E-state index is -1.05. The topological polar surface area (TPSA) is 98.7 Å². The van der Waals surface area contributed by atoms with Crippen molar-refractivity contribution in [2.75, 3.05) is 13.1 Å². The van der Waals surface area contributed by atoms with Crippen LogP contribution in [-0.4, -0.2) is 52.6 Å². The first kappa shape index (κ1) is 15.3. The fraction of sp³-hybridized carbons (Fsp3) is 0.750. The molecule has 0 heterocycles. The lowest BCUT2D eigenvalue weighted by Gasteiger charge is -2.23. The highest BCUT2D eigenvalue weighted by Crippen LogP contribution is 2.26. The highest BCUT2D eigenvalue weighted by molar-refractivity contribution is 5.86. The summed E-state index contributed by atoms with van der Waals surface area (Å²) in [7, 11) is 0. The highest BCUT2D eigenvalue weighted by atomic mass is 16.4. The normalized spacial score (nSPS) is 14.7. The molecule has 0 aromatic heterocycles. The molecule has 0 aromatic rings. The average Bonchev–Trinajstić information content (AvgIpc) is 3.03. The van der Waals surface area contributed by atoms with Gasteiger partial charge in [0.15, 0.2) is 0 Å². The largest absolute Gasteiger partial charge is 0.480 e. The van der Waals surface area contributed by atoms with Gasteiger partial charge in [0.05, 0.1) is 6.54 Å². The van der Waals surface area contributed by atoms with Crippen LogP contribution in [0.25, 0.3) is 0 Å². The van der Waals surface area contributed by atoms with E-state index in [9.17, 15) is 14.4 Å². The fourth-order valence-corrected chi connectivity index (χ4v) is 1.62. The zero-order chi connectivity index (χ0) is 14.6. The van der Waals surface area contributed by atoms with E-state index in [1.54, 1.807) is 0 Å². The van der Waals surface area contributed by atoms with Crippen LogP contribution >= 0.6 is 0 Å². The summed E-state index contributed by atoms with van der Waals surface area (Å²) in [4.78, 5) is 35.3. The number of carboxylic acids is 1. The van der Waals surface area contributed by atoms with Gasteiger partial charge < -0.3 is 20.6 Å². The minimum absolute atomic E-state index is 0.0122. The Labute approximate surface area is 112 Å². The van der Waals surface area contributed by atoms with E-state index in [0.29, 0.717) is 0 Å². The molecular formula is C12H21N3O4. The number of hydrogen-bond acceptors (Lipinski definition) is 3. The maximum absolute atomic E-state index is 11.8. The van der Waals surface area contributed by atoms with Gasteiger partial charge in [-0.1, -0.05) is 0 Å². The molecule has 0 saturated heterocycles. The second kappa shape index (κ2) is 5.90. The molecule has 0 spiro atoms. The zero-order valence-corrected chi connectivity index (χ0v) is 11.5. The number of carbonyl (C=O) groups excluding carboxylic acids is 2. The molecule has 1 rings (SSSR count). The lowest BCUT2D eigenvalue weighted by atomic mass is 10.1. The molecular weight excluding hydrogens is 250 g/mol. The maximum Gasteiger partial charge on any atom is 0.323 e. The average molecular weight is 271 g/mol. The monoisotopic (exact) mass is 271 g/mol. The number of hydrogen-bond donors (Lipinski definition) is 3. The number of urea groups is 1. The van der Waals surface area contributed by atoms with Crippen molar-refractivity contribution in [3.63, 3.8) is 0 Å². The molecule has 7 nitrogen and oxygen atoms in total. The van der Waals surface area contributed by atoms with Gasteiger partial charge in [-0.25, -0.2) is 4.79 Å². The van der Waals surface area contributed by atoms with Gasteiger partial charge >= 0.3 is 12.0 Å². The third-order valence-electron chi connectivity index (χ3n) is 2.47. The van der Waals surface area contributed by atoms with E-state index in [0.717, 1.165) is 12.8 Å². The molecule has 1 saturated carbocycles. The van der Waals surface area contributed by atoms with E-state index >= 15 is 0 Å². The molecule has 3 N–H and O–H groups in total. The fourth-order valence-electron chi connectivity index (χ4n) is 1.62. The summed E-state index contributed by atoms with van der Waals surface area (Å²) < 4.78 is 0. The van der Waals surface area contributed by atoms with Crippen LogP contribution < -0.4 is 10.6 Å². The number of nitrogens with zero attached hydrogens (tertiary/aromatic N) is 1. The standard InChI is InChI=1S/C12H21N3O4/c1-12(2,3)14-9(16)6-13-11(19)15(7-10(17)18)8-4-5-8/h8H,4-7H2,1-3H3,(H,13,19)(H,14,16)(H,17,18). The Bertz CT molecular complexity index is 372. The maximum atomic E-state index is 11.8. The molecule has 1 aliphatic carbocycles. The molecule has 19 heavy (non-hydrogen) atoms. The summed E-state index contributed by atoms with van der Waals surface area (Å²) in [5.74, 6) is -1.35. The molecule has 1 aliphatic rings. The SMILES string of the molecule is CC(C)(C)NC(=O)CNC(=O)N(CC(=O)O)C1CC1. The third-order valence-corrected chi connectivity index (χ3v) is 2.47. The van der Waals surface area contributed by atoms with Crippen LogP contribution in [0.4, 0.5) is 4.79 Å². The highest BCUT2D eigenvalue weighted by Gasteiger charge is 2.34. The van der Waals surface area contributed by atoms with E-state index in [4.69, 9.17) is 5.11 Å². The Hall–Kier alpha value is -1.79. The molecule has 7 heteroatoms. The van der Waals surface area contributed by atoms with Crippen LogP contribution in [0.15, 0.2) is 0 Å². The molecule has 0 unspecified atom stereocenters. The molecule has 0 bridgehead atoms. The lowest BCUT2D eigenvalue weighted by Crippen LogP contribution is -2.49. The van der Waals surface area contributed by atoms with Gasteiger partial charge in [-0.3, -0.25) is 9.59 Å². The van der Waals surface area contributed by atoms with Crippen LogP contribution in [0.1, 0.15) is 33.6 Å². The number of rotatable bonds is 5. The smallest absolute Gasteiger partial charge is 0.323 e. The summed E-state index contributed by atoms with van der Waals surface area (Å²) in [5.41, 5.74) is -0.362. The van der Waals surface area contributed by atoms with Crippen molar-refractivity contribution in [2.45, 2.75) is 45.2 Å². The van der Waals surface area contributed by atoms with Gasteiger partial charge in [-0.2, -0.15) is 0 Å². The van der Waals surface area contributed by atoms with E-state index in [1.807, 2.05) is 20.8 Å². The van der Waals surface area contributed by atoms with E-state index in [-0.39, 0.29) is 30.6 Å². The van der Waals surface area contributed by atoms with Crippen molar-refractivity contribution in [3.8, 4) is 0 Å². The van der Waals surface area contributed by atoms with Crippen molar-refractivity contribution in [1.29, 1.82) is 0 Å². The van der Waals surface area contributed by atoms with Crippen LogP contribution in [0.2, 0.25) is 0 Å². The van der Waals surface area contributed by atoms with Crippen molar-refractivity contribution in [1.82, 2.24) is 15.5 Å². The van der Waals surface area contributed by atoms with E-state index in [2.05, 4.69) is 10.6 Å². The number of carbonyl (C=O) groups is 3. The molecule has 108 valence electrons. The molecule has 0 radical (unpaired) electrons. The quantitative estimate of drug-likeness (QED) is 0.663. The van der Waals surface area contributed by atoms with Gasteiger partial charge in [0.2, 0.25) is 5.91 Å². The van der Waals surface area contributed by atoms with Gasteiger partial charge in [-0.05, 0) is 33.6 Å². The Kier molecular flexibility index (Phi) is 4.74. The van der Waals surface area contributed by atoms with Crippen LogP contribution in [-0.2, 0) is 9.59 Å². The number of aliphatic carboxylic acids is 1. The van der Waals surface area contributed by atoms with Gasteiger partial charge in [0, 0.05) is 11.6 Å². The molecule has 3 amide bonds. The van der Waals surface area contributed by atoms with Crippen LogP contribution in [0.3, 0.4) is 0 Å². The summed E-state index contributed by atoms with van der Waals surface area (Å²) in [6, 6.07) is -0.518. The van der Waals surface area contributed by atoms with Crippen LogP contribution in [0.5, 0.6) is 0 Å². The first-order valence-corrected chi connectivity index (χ1v) is 6.26. The predicted molar refractivity (Wildman–Crippen MR) is 68.7 cm³/mol. The molecule has 0 aliphatic heterocycles. The summed E-state index contributed by atoms with van der Waals surface area (Å²) >= 11 is 0. The third kappa shape index (κ3) is 6.08. The first-order chi connectivity index (χ1) is 8.69. The van der Waals surface area contributed by atoms with E-state index < -0.39 is 12.0 Å². The van der Waals surface area contributed by atoms with Crippen molar-refractivity contribution in [3.05, 3.63) is 0 Å². The second-order valence-corrected chi connectivity index (χ2v) is 5.71. The Morgan fingerprint density at radius 2 is 1.84 bits per heavy atom. The molecule has 0 aromatic carbocycles. The number of nitrogens with one attached hydrogen (secondary N) is 2. The number of carboxylic acid groups (broad SMARTS) is 1. The zero-order valence-electron chi connectivity index (χ0n) is 11.5. The Morgan fingerprint density at radius 1 is 1.26 bits per heavy atom. The predicted octanol–water partition coefficient (Wildman–Crippen LogP) is 0.160.